The monoisotopic (exact) mass is 302 g/mol. The molecule has 0 saturated carbocycles. The van der Waals surface area contributed by atoms with E-state index in [1.807, 2.05) is 0 Å². The number of carbonyl (C=O) groups excluding carboxylic acids is 2. The van der Waals surface area contributed by atoms with E-state index >= 15 is 0 Å². The van der Waals surface area contributed by atoms with Crippen molar-refractivity contribution in [3.8, 4) is 0 Å². The second-order valence-corrected chi connectivity index (χ2v) is 4.41. The normalized spacial score (nSPS) is 11.7. The summed E-state index contributed by atoms with van der Waals surface area (Å²) in [4.78, 5) is 33.2. The zero-order valence-corrected chi connectivity index (χ0v) is 11.0. The zero-order chi connectivity index (χ0) is 15.3. The van der Waals surface area contributed by atoms with Crippen molar-refractivity contribution in [1.29, 1.82) is 0 Å². The molecule has 1 atom stereocenters. The van der Waals surface area contributed by atoms with Crippen LogP contribution in [-0.2, 0) is 20.8 Å². The first-order valence-corrected chi connectivity index (χ1v) is 5.92. The number of carboxylic acids is 1. The highest BCUT2D eigenvalue weighted by atomic mass is 35.5. The van der Waals surface area contributed by atoms with Crippen LogP contribution in [0.4, 0.5) is 4.39 Å². The van der Waals surface area contributed by atoms with Crippen LogP contribution in [0, 0.1) is 5.82 Å². The summed E-state index contributed by atoms with van der Waals surface area (Å²) in [6.07, 6.45) is -0.986. The summed E-state index contributed by atoms with van der Waals surface area (Å²) in [6.45, 7) is 0. The van der Waals surface area contributed by atoms with Gasteiger partial charge in [-0.15, -0.1) is 0 Å². The molecule has 1 aromatic carbocycles. The lowest BCUT2D eigenvalue weighted by Crippen LogP contribution is -2.44. The van der Waals surface area contributed by atoms with Crippen molar-refractivity contribution in [2.24, 2.45) is 5.73 Å². The molecule has 0 heterocycles. The Labute approximate surface area is 118 Å². The molecule has 6 nitrogen and oxygen atoms in total. The van der Waals surface area contributed by atoms with Crippen molar-refractivity contribution in [2.75, 3.05) is 0 Å². The molecule has 0 aliphatic rings. The van der Waals surface area contributed by atoms with E-state index in [0.29, 0.717) is 0 Å². The molecular formula is C12H12ClFN2O4. The summed E-state index contributed by atoms with van der Waals surface area (Å²) in [7, 11) is 0. The van der Waals surface area contributed by atoms with Crippen molar-refractivity contribution in [3.05, 3.63) is 34.6 Å². The maximum atomic E-state index is 13.5. The number of nitrogens with one attached hydrogen (secondary N) is 1. The standard InChI is InChI=1S/C12H12ClFN2O4/c13-7-2-1-3-8(14)6(7)4-11(18)16-9(12(19)20)5-10(15)17/h1-3,9H,4-5H2,(H2,15,17)(H,16,18)(H,19,20)/t9-/m1/s1. The molecule has 1 rings (SSSR count). The van der Waals surface area contributed by atoms with Gasteiger partial charge in [-0.25, -0.2) is 9.18 Å². The SMILES string of the molecule is NC(=O)C[C@@H](NC(=O)Cc1c(F)cccc1Cl)C(=O)O. The van der Waals surface area contributed by atoms with Gasteiger partial charge in [-0.2, -0.15) is 0 Å². The molecule has 0 aromatic heterocycles. The molecule has 108 valence electrons. The van der Waals surface area contributed by atoms with E-state index in [4.69, 9.17) is 22.4 Å². The summed E-state index contributed by atoms with van der Waals surface area (Å²) < 4.78 is 13.5. The van der Waals surface area contributed by atoms with Gasteiger partial charge in [-0.1, -0.05) is 17.7 Å². The second-order valence-electron chi connectivity index (χ2n) is 4.01. The van der Waals surface area contributed by atoms with Gasteiger partial charge in [-0.3, -0.25) is 9.59 Å². The largest absolute Gasteiger partial charge is 0.480 e. The summed E-state index contributed by atoms with van der Waals surface area (Å²) in [5, 5.41) is 11.0. The average molecular weight is 303 g/mol. The molecule has 2 amide bonds. The second kappa shape index (κ2) is 6.85. The van der Waals surface area contributed by atoms with Crippen molar-refractivity contribution < 1.29 is 23.9 Å². The lowest BCUT2D eigenvalue weighted by Gasteiger charge is -2.13. The summed E-state index contributed by atoms with van der Waals surface area (Å²) in [5.74, 6) is -3.72. The number of amides is 2. The first-order chi connectivity index (χ1) is 9.31. The Hall–Kier alpha value is -2.15. The molecule has 0 radical (unpaired) electrons. The molecule has 0 unspecified atom stereocenters. The number of halogens is 2. The van der Waals surface area contributed by atoms with Gasteiger partial charge in [0.05, 0.1) is 12.8 Å². The minimum atomic E-state index is -1.45. The Morgan fingerprint density at radius 3 is 2.55 bits per heavy atom. The number of primary amides is 1. The Bertz CT molecular complexity index is 530. The van der Waals surface area contributed by atoms with E-state index < -0.39 is 42.5 Å². The molecule has 0 spiro atoms. The van der Waals surface area contributed by atoms with Crippen molar-refractivity contribution in [3.63, 3.8) is 0 Å². The van der Waals surface area contributed by atoms with Gasteiger partial charge in [0.1, 0.15) is 11.9 Å². The van der Waals surface area contributed by atoms with E-state index in [-0.39, 0.29) is 10.6 Å². The molecule has 20 heavy (non-hydrogen) atoms. The molecule has 0 fully saturated rings. The summed E-state index contributed by atoms with van der Waals surface area (Å²) >= 11 is 5.75. The van der Waals surface area contributed by atoms with E-state index in [1.165, 1.54) is 12.1 Å². The number of benzene rings is 1. The topological polar surface area (TPSA) is 109 Å². The fourth-order valence-electron chi connectivity index (χ4n) is 1.51. The quantitative estimate of drug-likeness (QED) is 0.709. The number of carbonyl (C=O) groups is 3. The minimum absolute atomic E-state index is 0.0464. The molecule has 0 saturated heterocycles. The molecule has 0 bridgehead atoms. The maximum absolute atomic E-state index is 13.5. The summed E-state index contributed by atoms with van der Waals surface area (Å²) in [5.41, 5.74) is 4.83. The average Bonchev–Trinajstić information content (AvgIpc) is 2.32. The Morgan fingerprint density at radius 1 is 1.40 bits per heavy atom. The van der Waals surface area contributed by atoms with Crippen LogP contribution >= 0.6 is 11.6 Å². The van der Waals surface area contributed by atoms with Gasteiger partial charge in [0.25, 0.3) is 0 Å². The molecule has 0 aliphatic carbocycles. The molecule has 4 N–H and O–H groups in total. The number of hydrogen-bond acceptors (Lipinski definition) is 3. The van der Waals surface area contributed by atoms with Gasteiger partial charge >= 0.3 is 5.97 Å². The first-order valence-electron chi connectivity index (χ1n) is 5.54. The number of rotatable bonds is 6. The van der Waals surface area contributed by atoms with Crippen molar-refractivity contribution in [2.45, 2.75) is 18.9 Å². The van der Waals surface area contributed by atoms with E-state index in [2.05, 4.69) is 5.32 Å². The van der Waals surface area contributed by atoms with Crippen LogP contribution in [0.15, 0.2) is 18.2 Å². The molecule has 0 aliphatic heterocycles. The third-order valence-corrected chi connectivity index (χ3v) is 2.79. The van der Waals surface area contributed by atoms with Crippen LogP contribution in [0.1, 0.15) is 12.0 Å². The van der Waals surface area contributed by atoms with Crippen molar-refractivity contribution in [1.82, 2.24) is 5.32 Å². The Balaban J connectivity index is 2.76. The number of nitrogens with two attached hydrogens (primary N) is 1. The van der Waals surface area contributed by atoms with Crippen molar-refractivity contribution >= 4 is 29.4 Å². The third kappa shape index (κ3) is 4.51. The van der Waals surface area contributed by atoms with Crippen LogP contribution in [0.3, 0.4) is 0 Å². The molecule has 8 heteroatoms. The lowest BCUT2D eigenvalue weighted by atomic mass is 10.1. The van der Waals surface area contributed by atoms with E-state index in [0.717, 1.165) is 6.07 Å². The fraction of sp³-hybridized carbons (Fsp3) is 0.250. The van der Waals surface area contributed by atoms with Crippen LogP contribution in [-0.4, -0.2) is 28.9 Å². The highest BCUT2D eigenvalue weighted by molar-refractivity contribution is 6.31. The zero-order valence-electron chi connectivity index (χ0n) is 10.2. The lowest BCUT2D eigenvalue weighted by molar-refractivity contribution is -0.143. The number of hydrogen-bond donors (Lipinski definition) is 3. The smallest absolute Gasteiger partial charge is 0.326 e. The van der Waals surface area contributed by atoms with Crippen LogP contribution < -0.4 is 11.1 Å². The minimum Gasteiger partial charge on any atom is -0.480 e. The van der Waals surface area contributed by atoms with E-state index in [9.17, 15) is 18.8 Å². The van der Waals surface area contributed by atoms with E-state index in [1.54, 1.807) is 0 Å². The predicted molar refractivity (Wildman–Crippen MR) is 68.5 cm³/mol. The predicted octanol–water partition coefficient (Wildman–Crippen LogP) is 0.466. The molecular weight excluding hydrogens is 291 g/mol. The van der Waals surface area contributed by atoms with Crippen LogP contribution in [0.5, 0.6) is 0 Å². The van der Waals surface area contributed by atoms with Crippen LogP contribution in [0.25, 0.3) is 0 Å². The van der Waals surface area contributed by atoms with Crippen LogP contribution in [0.2, 0.25) is 5.02 Å². The van der Waals surface area contributed by atoms with Gasteiger partial charge < -0.3 is 16.2 Å². The molecule has 1 aromatic rings. The van der Waals surface area contributed by atoms with Gasteiger partial charge in [0, 0.05) is 10.6 Å². The van der Waals surface area contributed by atoms with Gasteiger partial charge in [0.2, 0.25) is 11.8 Å². The first kappa shape index (κ1) is 15.9. The Kier molecular flexibility index (Phi) is 5.45. The Morgan fingerprint density at radius 2 is 2.05 bits per heavy atom. The number of aliphatic carboxylic acids is 1. The highest BCUT2D eigenvalue weighted by Gasteiger charge is 2.23. The number of carboxylic acid groups (broad SMARTS) is 1. The third-order valence-electron chi connectivity index (χ3n) is 2.44. The summed E-state index contributed by atoms with van der Waals surface area (Å²) in [6, 6.07) is 2.47. The van der Waals surface area contributed by atoms with Gasteiger partial charge in [0.15, 0.2) is 0 Å². The maximum Gasteiger partial charge on any atom is 0.326 e. The highest BCUT2D eigenvalue weighted by Crippen LogP contribution is 2.19. The fourth-order valence-corrected chi connectivity index (χ4v) is 1.74. The van der Waals surface area contributed by atoms with Gasteiger partial charge in [-0.05, 0) is 12.1 Å².